The van der Waals surface area contributed by atoms with Crippen molar-refractivity contribution in [3.63, 3.8) is 0 Å². The highest BCUT2D eigenvalue weighted by molar-refractivity contribution is 5.98. The Morgan fingerprint density at radius 2 is 1.74 bits per heavy atom. The number of carboxylic acid groups (broad SMARTS) is 1. The van der Waals surface area contributed by atoms with Crippen LogP contribution in [0.1, 0.15) is 63.2 Å². The molecule has 4 rings (SSSR count). The minimum atomic E-state index is -1.43. The Morgan fingerprint density at radius 3 is 2.31 bits per heavy atom. The van der Waals surface area contributed by atoms with Gasteiger partial charge in [-0.2, -0.15) is 0 Å². The highest BCUT2D eigenvalue weighted by Gasteiger charge is 2.49. The molecule has 0 bridgehead atoms. The van der Waals surface area contributed by atoms with Crippen molar-refractivity contribution in [2.24, 2.45) is 5.92 Å². The molecule has 2 fully saturated rings. The molecule has 0 spiro atoms. The lowest BCUT2D eigenvalue weighted by Gasteiger charge is -2.36. The molecule has 2 aliphatic heterocycles. The van der Waals surface area contributed by atoms with Crippen molar-refractivity contribution in [2.45, 2.75) is 70.2 Å². The number of β-amino-alcohol motifs (C(OH)–C–C–N with tert-alkyl or cyclic N) is 1. The summed E-state index contributed by atoms with van der Waals surface area (Å²) in [4.78, 5) is 32.7. The number of aliphatic hydroxyl groups is 1. The number of rotatable bonds is 10. The monoisotopic (exact) mass is 541 g/mol. The Bertz CT molecular complexity index is 1130. The number of carbonyl (C=O) groups is 2. The SMILES string of the molecule is CCC(F)(CC)CN1CCC(COc2ccc(-c3ccc(C(=O)N4C[C@H](O)C[C@@]4(C)C(=O)O)cc3)cn2)CC1. The second kappa shape index (κ2) is 12.0. The average molecular weight is 542 g/mol. The second-order valence-corrected chi connectivity index (χ2v) is 11.2. The van der Waals surface area contributed by atoms with Crippen molar-refractivity contribution in [3.8, 4) is 17.0 Å². The number of carbonyl (C=O) groups excluding carboxylic acids is 1. The molecular weight excluding hydrogens is 501 g/mol. The first-order chi connectivity index (χ1) is 18.6. The van der Waals surface area contributed by atoms with Crippen molar-refractivity contribution < 1.29 is 28.9 Å². The summed E-state index contributed by atoms with van der Waals surface area (Å²) in [5.74, 6) is -0.580. The average Bonchev–Trinajstić information content (AvgIpc) is 3.27. The third kappa shape index (κ3) is 6.58. The van der Waals surface area contributed by atoms with E-state index < -0.39 is 29.2 Å². The van der Waals surface area contributed by atoms with Crippen LogP contribution < -0.4 is 4.74 Å². The summed E-state index contributed by atoms with van der Waals surface area (Å²) in [6.45, 7) is 8.15. The van der Waals surface area contributed by atoms with E-state index in [0.717, 1.165) is 37.1 Å². The molecule has 212 valence electrons. The van der Waals surface area contributed by atoms with Crippen LogP contribution in [-0.4, -0.2) is 87.0 Å². The third-order valence-electron chi connectivity index (χ3n) is 8.48. The van der Waals surface area contributed by atoms with Gasteiger partial charge < -0.3 is 24.7 Å². The zero-order valence-electron chi connectivity index (χ0n) is 23.1. The van der Waals surface area contributed by atoms with Gasteiger partial charge in [-0.05, 0) is 75.4 Å². The lowest BCUT2D eigenvalue weighted by atomic mass is 9.94. The van der Waals surface area contributed by atoms with Gasteiger partial charge >= 0.3 is 5.97 Å². The number of hydrogen-bond donors (Lipinski definition) is 2. The molecule has 2 saturated heterocycles. The van der Waals surface area contributed by atoms with E-state index in [-0.39, 0.29) is 13.0 Å². The quantitative estimate of drug-likeness (QED) is 0.459. The molecule has 8 nitrogen and oxygen atoms in total. The Hall–Kier alpha value is -3.04. The molecule has 2 atom stereocenters. The van der Waals surface area contributed by atoms with Crippen molar-refractivity contribution in [3.05, 3.63) is 48.2 Å². The number of likely N-dealkylation sites (tertiary alicyclic amines) is 2. The summed E-state index contributed by atoms with van der Waals surface area (Å²) in [6, 6.07) is 10.7. The number of piperidine rings is 1. The van der Waals surface area contributed by atoms with E-state index in [2.05, 4.69) is 9.88 Å². The molecule has 0 radical (unpaired) electrons. The molecule has 2 aromatic rings. The van der Waals surface area contributed by atoms with Crippen LogP contribution in [0.3, 0.4) is 0 Å². The van der Waals surface area contributed by atoms with Crippen LogP contribution in [0.15, 0.2) is 42.6 Å². The van der Waals surface area contributed by atoms with E-state index in [9.17, 15) is 24.2 Å². The van der Waals surface area contributed by atoms with Crippen LogP contribution in [0.25, 0.3) is 11.1 Å². The number of carboxylic acids is 1. The first kappa shape index (κ1) is 29.0. The first-order valence-corrected chi connectivity index (χ1v) is 13.9. The number of nitrogens with zero attached hydrogens (tertiary/aromatic N) is 3. The van der Waals surface area contributed by atoms with E-state index in [4.69, 9.17) is 4.74 Å². The fourth-order valence-electron chi connectivity index (χ4n) is 5.54. The zero-order valence-corrected chi connectivity index (χ0v) is 23.1. The van der Waals surface area contributed by atoms with Crippen molar-refractivity contribution in [1.29, 1.82) is 0 Å². The molecule has 39 heavy (non-hydrogen) atoms. The van der Waals surface area contributed by atoms with Crippen molar-refractivity contribution in [1.82, 2.24) is 14.8 Å². The number of ether oxygens (including phenoxy) is 1. The van der Waals surface area contributed by atoms with Crippen LogP contribution in [0, 0.1) is 5.92 Å². The predicted octanol–water partition coefficient (Wildman–Crippen LogP) is 4.42. The number of benzene rings is 1. The van der Waals surface area contributed by atoms with Crippen molar-refractivity contribution in [2.75, 3.05) is 32.8 Å². The maximum atomic E-state index is 14.7. The zero-order chi connectivity index (χ0) is 28.2. The highest BCUT2D eigenvalue weighted by atomic mass is 19.1. The number of alkyl halides is 1. The Morgan fingerprint density at radius 1 is 1.10 bits per heavy atom. The van der Waals surface area contributed by atoms with Gasteiger partial charge in [0.2, 0.25) is 5.88 Å². The lowest BCUT2D eigenvalue weighted by molar-refractivity contribution is -0.147. The summed E-state index contributed by atoms with van der Waals surface area (Å²) in [5, 5.41) is 19.6. The molecule has 2 N–H and O–H groups in total. The predicted molar refractivity (Wildman–Crippen MR) is 146 cm³/mol. The smallest absolute Gasteiger partial charge is 0.329 e. The van der Waals surface area contributed by atoms with Gasteiger partial charge in [-0.1, -0.05) is 26.0 Å². The molecule has 3 heterocycles. The number of hydrogen-bond acceptors (Lipinski definition) is 6. The van der Waals surface area contributed by atoms with Crippen LogP contribution in [0.4, 0.5) is 4.39 Å². The van der Waals surface area contributed by atoms with Gasteiger partial charge in [0, 0.05) is 42.9 Å². The topological polar surface area (TPSA) is 103 Å². The summed E-state index contributed by atoms with van der Waals surface area (Å²) >= 11 is 0. The van der Waals surface area contributed by atoms with Gasteiger partial charge in [0.25, 0.3) is 5.91 Å². The van der Waals surface area contributed by atoms with Gasteiger partial charge in [0.15, 0.2) is 0 Å². The van der Waals surface area contributed by atoms with Crippen LogP contribution in [-0.2, 0) is 4.79 Å². The van der Waals surface area contributed by atoms with Crippen LogP contribution in [0.2, 0.25) is 0 Å². The molecule has 0 saturated carbocycles. The maximum Gasteiger partial charge on any atom is 0.329 e. The standard InChI is InChI=1S/C30H40FN3O5/c1-4-30(31,5-2)20-33-14-12-21(13-15-33)19-39-26-11-10-24(17-32-26)22-6-8-23(9-7-22)27(36)34-18-25(35)16-29(34,3)28(37)38/h6-11,17,21,25,35H,4-5,12-16,18-20H2,1-3H3,(H,37,38)/t25-,29+/m1/s1. The van der Waals surface area contributed by atoms with Crippen LogP contribution >= 0.6 is 0 Å². The number of aliphatic carboxylic acids is 1. The van der Waals surface area contributed by atoms with Crippen LogP contribution in [0.5, 0.6) is 5.88 Å². The Kier molecular flexibility index (Phi) is 8.91. The Balaban J connectivity index is 1.29. The molecule has 1 amide bonds. The van der Waals surface area contributed by atoms with E-state index in [1.165, 1.54) is 11.8 Å². The minimum absolute atomic E-state index is 0.00310. The third-order valence-corrected chi connectivity index (χ3v) is 8.48. The van der Waals surface area contributed by atoms with E-state index in [1.54, 1.807) is 30.5 Å². The number of aliphatic hydroxyl groups excluding tert-OH is 1. The largest absolute Gasteiger partial charge is 0.480 e. The first-order valence-electron chi connectivity index (χ1n) is 13.9. The number of halogens is 1. The van der Waals surface area contributed by atoms with Gasteiger partial charge in [-0.3, -0.25) is 4.79 Å². The molecule has 0 unspecified atom stereocenters. The molecule has 9 heteroatoms. The molecule has 0 aliphatic carbocycles. The van der Waals surface area contributed by atoms with Gasteiger partial charge in [0.05, 0.1) is 12.7 Å². The fourth-order valence-corrected chi connectivity index (χ4v) is 5.54. The summed E-state index contributed by atoms with van der Waals surface area (Å²) in [6.07, 6.45) is 3.92. The summed E-state index contributed by atoms with van der Waals surface area (Å²) < 4.78 is 20.7. The molecule has 1 aromatic heterocycles. The van der Waals surface area contributed by atoms with Gasteiger partial charge in [-0.15, -0.1) is 0 Å². The Labute approximate surface area is 229 Å². The highest BCUT2D eigenvalue weighted by Crippen LogP contribution is 2.32. The van der Waals surface area contributed by atoms with E-state index >= 15 is 0 Å². The number of aromatic nitrogens is 1. The van der Waals surface area contributed by atoms with Gasteiger partial charge in [-0.25, -0.2) is 14.2 Å². The van der Waals surface area contributed by atoms with E-state index in [0.29, 0.717) is 43.4 Å². The number of amides is 1. The maximum absolute atomic E-state index is 14.7. The molecule has 1 aromatic carbocycles. The minimum Gasteiger partial charge on any atom is -0.480 e. The fraction of sp³-hybridized carbons (Fsp3) is 0.567. The van der Waals surface area contributed by atoms with Crippen molar-refractivity contribution >= 4 is 11.9 Å². The molecule has 2 aliphatic rings. The lowest BCUT2D eigenvalue weighted by Crippen LogP contribution is -2.50. The molecular formula is C30H40FN3O5. The normalized spacial score (nSPS) is 22.7. The summed E-state index contributed by atoms with van der Waals surface area (Å²) in [5.41, 5.74) is -0.437. The van der Waals surface area contributed by atoms with E-state index in [1.807, 2.05) is 26.0 Å². The second-order valence-electron chi connectivity index (χ2n) is 11.2. The van der Waals surface area contributed by atoms with Gasteiger partial charge in [0.1, 0.15) is 11.2 Å². The summed E-state index contributed by atoms with van der Waals surface area (Å²) in [7, 11) is 0. The number of pyridine rings is 1.